The summed E-state index contributed by atoms with van der Waals surface area (Å²) in [4.78, 5) is 8.53. The Morgan fingerprint density at radius 2 is 1.91 bits per heavy atom. The highest BCUT2D eigenvalue weighted by molar-refractivity contribution is 14.0. The molecule has 0 unspecified atom stereocenters. The van der Waals surface area contributed by atoms with Crippen molar-refractivity contribution in [3.8, 4) is 5.88 Å². The van der Waals surface area contributed by atoms with E-state index in [0.717, 1.165) is 11.3 Å². The molecule has 0 radical (unpaired) electrons. The van der Waals surface area contributed by atoms with Crippen LogP contribution in [0.5, 0.6) is 5.88 Å². The Hall–Kier alpha value is -1.83. The van der Waals surface area contributed by atoms with Crippen LogP contribution in [0.3, 0.4) is 0 Å². The first-order valence-electron chi connectivity index (χ1n) is 7.18. The number of nitrogens with one attached hydrogen (secondary N) is 1. The number of ether oxygens (including phenoxy) is 1. The van der Waals surface area contributed by atoms with Gasteiger partial charge in [0.1, 0.15) is 5.60 Å². The maximum atomic E-state index is 5.89. The number of nitrogens with two attached hydrogens (primary N) is 1. The first kappa shape index (κ1) is 19.2. The lowest BCUT2D eigenvalue weighted by molar-refractivity contribution is 0.124. The number of hydrogen-bond donors (Lipinski definition) is 2. The van der Waals surface area contributed by atoms with Gasteiger partial charge in [-0.3, -0.25) is 0 Å². The van der Waals surface area contributed by atoms with Crippen LogP contribution in [-0.4, -0.2) is 16.5 Å². The number of pyridine rings is 1. The summed E-state index contributed by atoms with van der Waals surface area (Å²) in [7, 11) is 0. The van der Waals surface area contributed by atoms with Gasteiger partial charge in [0.2, 0.25) is 5.88 Å². The molecule has 0 aliphatic rings. The third-order valence-corrected chi connectivity index (χ3v) is 2.69. The lowest BCUT2D eigenvalue weighted by atomic mass is 10.2. The molecule has 3 N–H and O–H groups in total. The molecule has 0 amide bonds. The molecule has 1 heterocycles. The molecule has 6 heteroatoms. The monoisotopic (exact) mass is 426 g/mol. The molecule has 2 rings (SSSR count). The Labute approximate surface area is 154 Å². The Bertz CT molecular complexity index is 639. The largest absolute Gasteiger partial charge is 0.472 e. The fourth-order valence-corrected chi connectivity index (χ4v) is 1.80. The van der Waals surface area contributed by atoms with E-state index in [9.17, 15) is 0 Å². The lowest BCUT2D eigenvalue weighted by Crippen LogP contribution is -2.23. The highest BCUT2D eigenvalue weighted by atomic mass is 127. The molecular weight excluding hydrogens is 403 g/mol. The summed E-state index contributed by atoms with van der Waals surface area (Å²) in [6.45, 7) is 6.43. The number of aromatic nitrogens is 1. The average Bonchev–Trinajstić information content (AvgIpc) is 2.45. The fraction of sp³-hybridized carbons (Fsp3) is 0.294. The van der Waals surface area contributed by atoms with Crippen molar-refractivity contribution in [2.45, 2.75) is 32.9 Å². The molecule has 0 saturated heterocycles. The van der Waals surface area contributed by atoms with Crippen LogP contribution in [-0.2, 0) is 6.54 Å². The van der Waals surface area contributed by atoms with E-state index in [1.54, 1.807) is 6.20 Å². The number of nitrogens with zero attached hydrogens (tertiary/aromatic N) is 2. The molecule has 0 atom stereocenters. The Balaban J connectivity index is 0.00000264. The van der Waals surface area contributed by atoms with E-state index in [-0.39, 0.29) is 29.6 Å². The molecule has 0 spiro atoms. The third-order valence-electron chi connectivity index (χ3n) is 2.69. The second kappa shape index (κ2) is 8.71. The van der Waals surface area contributed by atoms with Crippen LogP contribution in [0.25, 0.3) is 0 Å². The normalized spacial score (nSPS) is 11.5. The molecule has 1 aromatic heterocycles. The number of para-hydroxylation sites is 1. The Kier molecular flexibility index (Phi) is 7.28. The van der Waals surface area contributed by atoms with E-state index in [0.29, 0.717) is 18.4 Å². The average molecular weight is 426 g/mol. The van der Waals surface area contributed by atoms with Gasteiger partial charge in [0.25, 0.3) is 0 Å². The van der Waals surface area contributed by atoms with Crippen molar-refractivity contribution >= 4 is 35.6 Å². The van der Waals surface area contributed by atoms with Gasteiger partial charge in [-0.15, -0.1) is 24.0 Å². The van der Waals surface area contributed by atoms with Crippen LogP contribution >= 0.6 is 24.0 Å². The highest BCUT2D eigenvalue weighted by Gasteiger charge is 2.12. The predicted molar refractivity (Wildman–Crippen MR) is 105 cm³/mol. The fourth-order valence-electron chi connectivity index (χ4n) is 1.80. The van der Waals surface area contributed by atoms with Gasteiger partial charge in [-0.05, 0) is 44.5 Å². The summed E-state index contributed by atoms with van der Waals surface area (Å²) in [6, 6.07) is 13.5. The number of benzene rings is 1. The molecular formula is C17H23IN4O. The molecule has 0 fully saturated rings. The molecule has 0 aliphatic carbocycles. The van der Waals surface area contributed by atoms with Crippen LogP contribution in [0.4, 0.5) is 5.69 Å². The molecule has 5 nitrogen and oxygen atoms in total. The number of anilines is 1. The maximum absolute atomic E-state index is 5.89. The quantitative estimate of drug-likeness (QED) is 0.443. The zero-order valence-corrected chi connectivity index (χ0v) is 15.9. The van der Waals surface area contributed by atoms with Crippen molar-refractivity contribution in [1.82, 2.24) is 4.98 Å². The topological polar surface area (TPSA) is 72.5 Å². The van der Waals surface area contributed by atoms with E-state index in [1.165, 1.54) is 0 Å². The van der Waals surface area contributed by atoms with E-state index in [1.807, 2.05) is 63.2 Å². The van der Waals surface area contributed by atoms with Crippen LogP contribution in [0.2, 0.25) is 0 Å². The Morgan fingerprint density at radius 1 is 1.22 bits per heavy atom. The molecule has 23 heavy (non-hydrogen) atoms. The van der Waals surface area contributed by atoms with E-state index in [2.05, 4.69) is 15.3 Å². The zero-order valence-electron chi connectivity index (χ0n) is 13.6. The van der Waals surface area contributed by atoms with Crippen LogP contribution < -0.4 is 15.8 Å². The maximum Gasteiger partial charge on any atom is 0.214 e. The van der Waals surface area contributed by atoms with E-state index in [4.69, 9.17) is 10.5 Å². The predicted octanol–water partition coefficient (Wildman–Crippen LogP) is 3.80. The molecule has 1 aromatic carbocycles. The molecule has 0 aliphatic heterocycles. The van der Waals surface area contributed by atoms with Crippen molar-refractivity contribution in [3.05, 3.63) is 54.2 Å². The molecule has 0 saturated carbocycles. The van der Waals surface area contributed by atoms with Gasteiger partial charge in [-0.2, -0.15) is 0 Å². The summed E-state index contributed by atoms with van der Waals surface area (Å²) >= 11 is 0. The number of guanidine groups is 1. The van der Waals surface area contributed by atoms with Crippen molar-refractivity contribution < 1.29 is 4.74 Å². The van der Waals surface area contributed by atoms with Gasteiger partial charge in [-0.25, -0.2) is 9.98 Å². The summed E-state index contributed by atoms with van der Waals surface area (Å²) in [5.41, 5.74) is 7.52. The van der Waals surface area contributed by atoms with Gasteiger partial charge in [0.05, 0.1) is 6.54 Å². The molecule has 2 aromatic rings. The summed E-state index contributed by atoms with van der Waals surface area (Å²) < 4.78 is 5.74. The first-order valence-corrected chi connectivity index (χ1v) is 7.18. The summed E-state index contributed by atoms with van der Waals surface area (Å²) in [5, 5.41) is 3.05. The minimum absolute atomic E-state index is 0. The third kappa shape index (κ3) is 7.32. The van der Waals surface area contributed by atoms with Crippen LogP contribution in [0.1, 0.15) is 26.3 Å². The highest BCUT2D eigenvalue weighted by Crippen LogP contribution is 2.16. The van der Waals surface area contributed by atoms with Gasteiger partial charge >= 0.3 is 0 Å². The summed E-state index contributed by atoms with van der Waals surface area (Å²) in [6.07, 6.45) is 1.72. The lowest BCUT2D eigenvalue weighted by Gasteiger charge is -2.20. The van der Waals surface area contributed by atoms with Crippen molar-refractivity contribution in [2.24, 2.45) is 10.7 Å². The van der Waals surface area contributed by atoms with Crippen molar-refractivity contribution in [3.63, 3.8) is 0 Å². The first-order chi connectivity index (χ1) is 10.4. The molecule has 124 valence electrons. The SMILES string of the molecule is CC(C)(C)Oc1cc(CN=C(N)Nc2ccccc2)ccn1.I. The second-order valence-electron chi connectivity index (χ2n) is 5.91. The van der Waals surface area contributed by atoms with E-state index < -0.39 is 0 Å². The standard InChI is InChI=1S/C17H22N4O.HI/c1-17(2,3)22-15-11-13(9-10-19-15)12-20-16(18)21-14-7-5-4-6-8-14;/h4-11H,12H2,1-3H3,(H3,18,20,21);1H. The molecule has 0 bridgehead atoms. The number of hydrogen-bond acceptors (Lipinski definition) is 3. The number of rotatable bonds is 4. The second-order valence-corrected chi connectivity index (χ2v) is 5.91. The van der Waals surface area contributed by atoms with Gasteiger partial charge in [0, 0.05) is 18.0 Å². The summed E-state index contributed by atoms with van der Waals surface area (Å²) in [5.74, 6) is 0.969. The van der Waals surface area contributed by atoms with Gasteiger partial charge < -0.3 is 15.8 Å². The van der Waals surface area contributed by atoms with Crippen LogP contribution in [0, 0.1) is 0 Å². The minimum atomic E-state index is -0.275. The Morgan fingerprint density at radius 3 is 2.57 bits per heavy atom. The minimum Gasteiger partial charge on any atom is -0.472 e. The van der Waals surface area contributed by atoms with E-state index >= 15 is 0 Å². The number of aliphatic imine (C=N–C) groups is 1. The number of halogens is 1. The van der Waals surface area contributed by atoms with Crippen molar-refractivity contribution in [1.29, 1.82) is 0 Å². The van der Waals surface area contributed by atoms with Crippen LogP contribution in [0.15, 0.2) is 53.7 Å². The smallest absolute Gasteiger partial charge is 0.214 e. The zero-order chi connectivity index (χ0) is 16.0. The van der Waals surface area contributed by atoms with Gasteiger partial charge in [-0.1, -0.05) is 18.2 Å². The van der Waals surface area contributed by atoms with Crippen molar-refractivity contribution in [2.75, 3.05) is 5.32 Å². The van der Waals surface area contributed by atoms with Gasteiger partial charge in [0.15, 0.2) is 5.96 Å².